The first-order chi connectivity index (χ1) is 11.8. The maximum Gasteiger partial charge on any atom is 0.274 e. The number of benzene rings is 2. The van der Waals surface area contributed by atoms with Crippen LogP contribution in [0.25, 0.3) is 11.1 Å². The van der Waals surface area contributed by atoms with Crippen molar-refractivity contribution in [3.63, 3.8) is 0 Å². The van der Waals surface area contributed by atoms with Gasteiger partial charge in [-0.2, -0.15) is 5.10 Å². The van der Waals surface area contributed by atoms with Crippen molar-refractivity contribution in [2.75, 3.05) is 5.32 Å². The van der Waals surface area contributed by atoms with Crippen molar-refractivity contribution >= 4 is 21.6 Å². The Morgan fingerprint density at radius 1 is 1.08 bits per heavy atom. The highest BCUT2D eigenvalue weighted by Gasteiger charge is 2.16. The molecule has 128 valence electrons. The zero-order valence-corrected chi connectivity index (χ0v) is 14.2. The van der Waals surface area contributed by atoms with Crippen LogP contribution in [-0.2, 0) is 10.0 Å². The molecule has 0 aliphatic heterocycles. The number of hydrogen-bond donors (Lipinski definition) is 3. The summed E-state index contributed by atoms with van der Waals surface area (Å²) in [6, 6.07) is 13.3. The van der Waals surface area contributed by atoms with E-state index < -0.39 is 10.0 Å². The second kappa shape index (κ2) is 6.50. The minimum absolute atomic E-state index is 0.0209. The van der Waals surface area contributed by atoms with Crippen LogP contribution in [-0.4, -0.2) is 24.5 Å². The molecule has 8 heteroatoms. The van der Waals surface area contributed by atoms with Gasteiger partial charge in [0.05, 0.1) is 11.1 Å². The Morgan fingerprint density at radius 3 is 2.32 bits per heavy atom. The summed E-state index contributed by atoms with van der Waals surface area (Å²) in [4.78, 5) is 12.5. The molecular weight excluding hydrogens is 340 g/mol. The number of sulfonamides is 1. The highest BCUT2D eigenvalue weighted by molar-refractivity contribution is 7.89. The highest BCUT2D eigenvalue weighted by atomic mass is 32.2. The molecule has 0 aliphatic rings. The van der Waals surface area contributed by atoms with Crippen LogP contribution in [0.15, 0.2) is 59.6 Å². The number of H-pyrrole nitrogens is 1. The monoisotopic (exact) mass is 356 g/mol. The number of carbonyl (C=O) groups excluding carboxylic acids is 1. The van der Waals surface area contributed by atoms with Gasteiger partial charge >= 0.3 is 0 Å². The van der Waals surface area contributed by atoms with Crippen molar-refractivity contribution in [3.8, 4) is 11.1 Å². The summed E-state index contributed by atoms with van der Waals surface area (Å²) in [5.74, 6) is -0.378. The molecule has 3 rings (SSSR count). The third-order valence-corrected chi connectivity index (χ3v) is 4.60. The van der Waals surface area contributed by atoms with E-state index >= 15 is 0 Å². The molecule has 1 amide bonds. The van der Waals surface area contributed by atoms with Gasteiger partial charge in [0.2, 0.25) is 10.0 Å². The van der Waals surface area contributed by atoms with Crippen LogP contribution in [0.4, 0.5) is 5.69 Å². The van der Waals surface area contributed by atoms with E-state index in [2.05, 4.69) is 15.5 Å². The van der Waals surface area contributed by atoms with Gasteiger partial charge in [-0.1, -0.05) is 29.8 Å². The van der Waals surface area contributed by atoms with Crippen molar-refractivity contribution < 1.29 is 13.2 Å². The quantitative estimate of drug-likeness (QED) is 0.664. The summed E-state index contributed by atoms with van der Waals surface area (Å²) in [7, 11) is -3.77. The number of nitrogens with zero attached hydrogens (tertiary/aromatic N) is 1. The van der Waals surface area contributed by atoms with Crippen molar-refractivity contribution in [2.24, 2.45) is 5.14 Å². The molecule has 0 aliphatic carbocycles. The average molecular weight is 356 g/mol. The lowest BCUT2D eigenvalue weighted by Gasteiger charge is -2.07. The Bertz CT molecular complexity index is 1010. The summed E-state index contributed by atoms with van der Waals surface area (Å²) in [5, 5.41) is 14.4. The standard InChI is InChI=1S/C17H16N4O3S/c1-11-2-4-12(5-3-11)15-10-19-21-16(15)17(22)20-13-6-8-14(9-7-13)25(18,23)24/h2-10H,1H3,(H,19,21)(H,20,22)(H2,18,23,24). The van der Waals surface area contributed by atoms with Gasteiger partial charge in [0.1, 0.15) is 5.69 Å². The Morgan fingerprint density at radius 2 is 1.72 bits per heavy atom. The second-order valence-corrected chi connectivity index (χ2v) is 7.11. The average Bonchev–Trinajstić information content (AvgIpc) is 3.05. The molecule has 2 aromatic carbocycles. The number of hydrogen-bond acceptors (Lipinski definition) is 4. The van der Waals surface area contributed by atoms with Gasteiger partial charge in [0, 0.05) is 11.3 Å². The molecule has 0 atom stereocenters. The number of nitrogens with one attached hydrogen (secondary N) is 2. The summed E-state index contributed by atoms with van der Waals surface area (Å²) in [5.41, 5.74) is 3.43. The molecule has 0 bridgehead atoms. The van der Waals surface area contributed by atoms with Gasteiger partial charge in [-0.05, 0) is 36.8 Å². The van der Waals surface area contributed by atoms with Crippen LogP contribution < -0.4 is 10.5 Å². The Hall–Kier alpha value is -2.97. The highest BCUT2D eigenvalue weighted by Crippen LogP contribution is 2.23. The Labute approximate surface area is 144 Å². The first-order valence-corrected chi connectivity index (χ1v) is 8.94. The predicted octanol–water partition coefficient (Wildman–Crippen LogP) is 2.28. The van der Waals surface area contributed by atoms with E-state index in [4.69, 9.17) is 5.14 Å². The van der Waals surface area contributed by atoms with Crippen LogP contribution in [0.2, 0.25) is 0 Å². The molecular formula is C17H16N4O3S. The number of nitrogens with two attached hydrogens (primary N) is 1. The number of amides is 1. The molecule has 3 aromatic rings. The molecule has 0 spiro atoms. The van der Waals surface area contributed by atoms with Gasteiger partial charge in [-0.25, -0.2) is 13.6 Å². The molecule has 0 saturated carbocycles. The van der Waals surface area contributed by atoms with Crippen molar-refractivity contribution in [1.82, 2.24) is 10.2 Å². The van der Waals surface area contributed by atoms with Crippen molar-refractivity contribution in [3.05, 3.63) is 66.0 Å². The zero-order valence-electron chi connectivity index (χ0n) is 13.4. The lowest BCUT2D eigenvalue weighted by Crippen LogP contribution is -2.14. The number of aromatic amines is 1. The lowest BCUT2D eigenvalue weighted by atomic mass is 10.0. The molecule has 7 nitrogen and oxygen atoms in total. The minimum Gasteiger partial charge on any atom is -0.321 e. The van der Waals surface area contributed by atoms with Crippen LogP contribution in [0.3, 0.4) is 0 Å². The maximum atomic E-state index is 12.5. The van der Waals surface area contributed by atoms with E-state index in [1.165, 1.54) is 24.3 Å². The maximum absolute atomic E-state index is 12.5. The number of carbonyl (C=O) groups is 1. The topological polar surface area (TPSA) is 118 Å². The molecule has 0 fully saturated rings. The minimum atomic E-state index is -3.77. The van der Waals surface area contributed by atoms with Crippen molar-refractivity contribution in [2.45, 2.75) is 11.8 Å². The van der Waals surface area contributed by atoms with Gasteiger partial charge in [-0.3, -0.25) is 9.89 Å². The van der Waals surface area contributed by atoms with Gasteiger partial charge in [0.25, 0.3) is 5.91 Å². The molecule has 0 radical (unpaired) electrons. The zero-order chi connectivity index (χ0) is 18.0. The summed E-state index contributed by atoms with van der Waals surface area (Å²) < 4.78 is 22.5. The lowest BCUT2D eigenvalue weighted by molar-refractivity contribution is 0.102. The predicted molar refractivity (Wildman–Crippen MR) is 94.5 cm³/mol. The second-order valence-electron chi connectivity index (χ2n) is 5.55. The van der Waals surface area contributed by atoms with E-state index in [1.54, 1.807) is 6.20 Å². The smallest absolute Gasteiger partial charge is 0.274 e. The fourth-order valence-electron chi connectivity index (χ4n) is 2.33. The normalized spacial score (nSPS) is 11.3. The molecule has 1 heterocycles. The van der Waals surface area contributed by atoms with E-state index in [9.17, 15) is 13.2 Å². The van der Waals surface area contributed by atoms with E-state index in [0.717, 1.165) is 11.1 Å². The Balaban J connectivity index is 1.83. The van der Waals surface area contributed by atoms with Crippen LogP contribution in [0, 0.1) is 6.92 Å². The van der Waals surface area contributed by atoms with E-state index in [1.807, 2.05) is 31.2 Å². The van der Waals surface area contributed by atoms with Crippen LogP contribution >= 0.6 is 0 Å². The van der Waals surface area contributed by atoms with Crippen LogP contribution in [0.5, 0.6) is 0 Å². The molecule has 25 heavy (non-hydrogen) atoms. The fourth-order valence-corrected chi connectivity index (χ4v) is 2.85. The van der Waals surface area contributed by atoms with E-state index in [-0.39, 0.29) is 10.8 Å². The summed E-state index contributed by atoms with van der Waals surface area (Å²) in [6.45, 7) is 1.98. The first kappa shape index (κ1) is 16.9. The number of anilines is 1. The molecule has 0 saturated heterocycles. The van der Waals surface area contributed by atoms with Gasteiger partial charge in [-0.15, -0.1) is 0 Å². The summed E-state index contributed by atoms with van der Waals surface area (Å²) in [6.07, 6.45) is 1.59. The molecule has 1 aromatic heterocycles. The fraction of sp³-hybridized carbons (Fsp3) is 0.0588. The summed E-state index contributed by atoms with van der Waals surface area (Å²) >= 11 is 0. The number of primary sulfonamides is 1. The van der Waals surface area contributed by atoms with Gasteiger partial charge in [0.15, 0.2) is 0 Å². The first-order valence-electron chi connectivity index (χ1n) is 7.39. The Kier molecular flexibility index (Phi) is 4.39. The van der Waals surface area contributed by atoms with E-state index in [0.29, 0.717) is 16.9 Å². The third-order valence-electron chi connectivity index (χ3n) is 3.67. The number of rotatable bonds is 4. The third kappa shape index (κ3) is 3.76. The van der Waals surface area contributed by atoms with Gasteiger partial charge < -0.3 is 5.32 Å². The van der Waals surface area contributed by atoms with Crippen molar-refractivity contribution in [1.29, 1.82) is 0 Å². The number of aromatic nitrogens is 2. The molecule has 0 unspecified atom stereocenters. The molecule has 4 N–H and O–H groups in total. The SMILES string of the molecule is Cc1ccc(-c2cn[nH]c2C(=O)Nc2ccc(S(N)(=O)=O)cc2)cc1. The largest absolute Gasteiger partial charge is 0.321 e. The number of aryl methyl sites for hydroxylation is 1. The van der Waals surface area contributed by atoms with Crippen LogP contribution in [0.1, 0.15) is 16.1 Å².